The van der Waals surface area contributed by atoms with Gasteiger partial charge in [0.05, 0.1) is 17.7 Å². The monoisotopic (exact) mass is 500 g/mol. The van der Waals surface area contributed by atoms with Crippen molar-refractivity contribution in [3.05, 3.63) is 40.4 Å². The van der Waals surface area contributed by atoms with Gasteiger partial charge in [0, 0.05) is 27.6 Å². The van der Waals surface area contributed by atoms with E-state index in [2.05, 4.69) is 20.6 Å². The first-order valence-electron chi connectivity index (χ1n) is 11.1. The average molecular weight is 501 g/mol. The zero-order valence-corrected chi connectivity index (χ0v) is 20.6. The van der Waals surface area contributed by atoms with E-state index < -0.39 is 12.1 Å². The van der Waals surface area contributed by atoms with Gasteiger partial charge in [-0.1, -0.05) is 23.5 Å². The number of hydrogen-bond acceptors (Lipinski definition) is 7. The summed E-state index contributed by atoms with van der Waals surface area (Å²) in [6.45, 7) is 1.87. The fourth-order valence-electron chi connectivity index (χ4n) is 3.76. The normalized spacial score (nSPS) is 15.3. The number of thiazole rings is 1. The Morgan fingerprint density at radius 3 is 2.57 bits per heavy atom. The molecule has 12 heteroatoms. The Morgan fingerprint density at radius 2 is 1.94 bits per heavy atom. The van der Waals surface area contributed by atoms with E-state index >= 15 is 0 Å². The number of carbonyl (C=O) groups is 4. The first-order valence-corrected chi connectivity index (χ1v) is 11.9. The van der Waals surface area contributed by atoms with E-state index in [1.165, 1.54) is 11.8 Å². The summed E-state index contributed by atoms with van der Waals surface area (Å²) in [5.74, 6) is -0.632. The number of benzene rings is 1. The number of anilines is 1. The molecule has 1 saturated heterocycles. The number of rotatable bonds is 8. The Morgan fingerprint density at radius 1 is 1.23 bits per heavy atom. The van der Waals surface area contributed by atoms with Gasteiger partial charge in [0.2, 0.25) is 11.8 Å². The van der Waals surface area contributed by atoms with E-state index in [-0.39, 0.29) is 17.7 Å². The molecule has 3 N–H and O–H groups in total. The molecule has 35 heavy (non-hydrogen) atoms. The molecule has 0 saturated carbocycles. The smallest absolute Gasteiger partial charge is 0.409 e. The highest BCUT2D eigenvalue weighted by molar-refractivity contribution is 7.17. The van der Waals surface area contributed by atoms with Crippen molar-refractivity contribution in [3.63, 3.8) is 0 Å². The fraction of sp³-hybridized carbons (Fsp3) is 0.391. The van der Waals surface area contributed by atoms with Crippen LogP contribution < -0.4 is 10.6 Å². The second-order valence-corrected chi connectivity index (χ2v) is 9.24. The van der Waals surface area contributed by atoms with Crippen molar-refractivity contribution in [2.45, 2.75) is 38.6 Å². The van der Waals surface area contributed by atoms with Gasteiger partial charge in [-0.05, 0) is 43.4 Å². The van der Waals surface area contributed by atoms with Crippen molar-refractivity contribution in [2.75, 3.05) is 26.0 Å². The molecule has 0 aliphatic carbocycles. The molecular formula is C23H28N6O5S. The number of aliphatic imine (C=N–C) groups is 1. The molecule has 186 valence electrons. The summed E-state index contributed by atoms with van der Waals surface area (Å²) >= 11 is 1.12. The third-order valence-electron chi connectivity index (χ3n) is 5.40. The summed E-state index contributed by atoms with van der Waals surface area (Å²) in [6, 6.07) is 6.74. The lowest BCUT2D eigenvalue weighted by molar-refractivity contribution is -0.132. The van der Waals surface area contributed by atoms with Crippen molar-refractivity contribution in [1.82, 2.24) is 20.1 Å². The van der Waals surface area contributed by atoms with Crippen molar-refractivity contribution in [2.24, 2.45) is 4.99 Å². The van der Waals surface area contributed by atoms with Crippen LogP contribution in [0, 0.1) is 0 Å². The lowest BCUT2D eigenvalue weighted by atomic mass is 10.1. The van der Waals surface area contributed by atoms with E-state index in [9.17, 15) is 19.2 Å². The van der Waals surface area contributed by atoms with Crippen LogP contribution >= 0.6 is 11.3 Å². The molecule has 1 aliphatic rings. The maximum Gasteiger partial charge on any atom is 0.409 e. The van der Waals surface area contributed by atoms with Crippen LogP contribution in [-0.4, -0.2) is 76.7 Å². The van der Waals surface area contributed by atoms with Crippen LogP contribution in [0.3, 0.4) is 0 Å². The standard InChI is InChI=1S/C23H28N6O5S/c1-14(30)26-22-27-17(11-8-15-6-9-16(10-7-15)24-13-25-23(33)34)19(35-22)21(32)29-12-4-5-18(29)20(31)28(2)3/h6-7,9-10,13,18H,4-5,8,11-12H2,1-3H3,(H,24,25)(H,33,34)(H,26,27,30)/t18-/m0/s1. The molecular weight excluding hydrogens is 472 g/mol. The topological polar surface area (TPSA) is 144 Å². The number of likely N-dealkylation sites (tertiary alicyclic amines) is 1. The number of likely N-dealkylation sites (N-methyl/N-ethyl adjacent to an activating group) is 1. The highest BCUT2D eigenvalue weighted by atomic mass is 32.1. The molecule has 1 aromatic carbocycles. The predicted molar refractivity (Wildman–Crippen MR) is 132 cm³/mol. The van der Waals surface area contributed by atoms with Crippen LogP contribution in [0.25, 0.3) is 0 Å². The van der Waals surface area contributed by atoms with Crippen LogP contribution in [-0.2, 0) is 22.4 Å². The highest BCUT2D eigenvalue weighted by Gasteiger charge is 2.37. The number of aromatic nitrogens is 1. The average Bonchev–Trinajstić information content (AvgIpc) is 3.44. The summed E-state index contributed by atoms with van der Waals surface area (Å²) in [7, 11) is 3.35. The van der Waals surface area contributed by atoms with E-state index in [1.54, 1.807) is 31.1 Å². The lowest BCUT2D eigenvalue weighted by Crippen LogP contribution is -2.45. The van der Waals surface area contributed by atoms with Gasteiger partial charge in [-0.15, -0.1) is 0 Å². The molecule has 1 atom stereocenters. The quantitative estimate of drug-likeness (QED) is 0.375. The zero-order chi connectivity index (χ0) is 25.5. The van der Waals surface area contributed by atoms with Crippen LogP contribution in [0.1, 0.15) is 40.7 Å². The summed E-state index contributed by atoms with van der Waals surface area (Å²) in [4.78, 5) is 60.1. The number of carbonyl (C=O) groups excluding carboxylic acids is 3. The molecule has 0 radical (unpaired) electrons. The minimum absolute atomic E-state index is 0.106. The molecule has 1 aromatic heterocycles. The molecule has 0 spiro atoms. The molecule has 2 heterocycles. The SMILES string of the molecule is CC(=O)Nc1nc(CCc2ccc(N=CNC(=O)O)cc2)c(C(=O)N2CCC[C@H]2C(=O)N(C)C)s1. The third kappa shape index (κ3) is 6.85. The first kappa shape index (κ1) is 25.8. The number of nitrogens with zero attached hydrogens (tertiary/aromatic N) is 4. The van der Waals surface area contributed by atoms with E-state index in [1.807, 2.05) is 12.1 Å². The summed E-state index contributed by atoms with van der Waals surface area (Å²) in [5, 5.41) is 13.6. The zero-order valence-electron chi connectivity index (χ0n) is 19.8. The fourth-order valence-corrected chi connectivity index (χ4v) is 4.77. The largest absolute Gasteiger partial charge is 0.465 e. The molecule has 4 amide bonds. The van der Waals surface area contributed by atoms with E-state index in [4.69, 9.17) is 5.11 Å². The summed E-state index contributed by atoms with van der Waals surface area (Å²) < 4.78 is 0. The van der Waals surface area contributed by atoms with Crippen LogP contribution in [0.4, 0.5) is 15.6 Å². The molecule has 1 fully saturated rings. The van der Waals surface area contributed by atoms with Crippen LogP contribution in [0.2, 0.25) is 0 Å². The maximum atomic E-state index is 13.5. The van der Waals surface area contributed by atoms with E-state index in [0.717, 1.165) is 29.7 Å². The second-order valence-electron chi connectivity index (χ2n) is 8.24. The van der Waals surface area contributed by atoms with Gasteiger partial charge in [-0.2, -0.15) is 0 Å². The minimum atomic E-state index is -1.19. The van der Waals surface area contributed by atoms with Gasteiger partial charge in [-0.25, -0.2) is 14.8 Å². The minimum Gasteiger partial charge on any atom is -0.465 e. The maximum absolute atomic E-state index is 13.5. The number of carboxylic acid groups (broad SMARTS) is 1. The lowest BCUT2D eigenvalue weighted by Gasteiger charge is -2.26. The Hall–Kier alpha value is -3.80. The Balaban J connectivity index is 1.77. The van der Waals surface area contributed by atoms with E-state index in [0.29, 0.717) is 47.2 Å². The third-order valence-corrected chi connectivity index (χ3v) is 6.40. The predicted octanol–water partition coefficient (Wildman–Crippen LogP) is 2.51. The number of amides is 4. The molecule has 0 unspecified atom stereocenters. The van der Waals surface area contributed by atoms with Crippen molar-refractivity contribution >= 4 is 52.3 Å². The van der Waals surface area contributed by atoms with Gasteiger partial charge < -0.3 is 20.2 Å². The Labute approximate surface area is 206 Å². The molecule has 3 rings (SSSR count). The second kappa shape index (κ2) is 11.6. The first-order chi connectivity index (χ1) is 16.7. The molecule has 1 aliphatic heterocycles. The highest BCUT2D eigenvalue weighted by Crippen LogP contribution is 2.29. The van der Waals surface area contributed by atoms with Crippen LogP contribution in [0.15, 0.2) is 29.3 Å². The number of hydrogen-bond donors (Lipinski definition) is 3. The molecule has 2 aromatic rings. The van der Waals surface area contributed by atoms with Gasteiger partial charge in [0.15, 0.2) is 5.13 Å². The van der Waals surface area contributed by atoms with Gasteiger partial charge in [0.25, 0.3) is 5.91 Å². The van der Waals surface area contributed by atoms with Crippen molar-refractivity contribution in [1.29, 1.82) is 0 Å². The Kier molecular flexibility index (Phi) is 8.53. The molecule has 0 bridgehead atoms. The summed E-state index contributed by atoms with van der Waals surface area (Å²) in [6.07, 6.45) is 2.32. The van der Waals surface area contributed by atoms with Gasteiger partial charge in [0.1, 0.15) is 10.9 Å². The number of nitrogens with one attached hydrogen (secondary N) is 2. The van der Waals surface area contributed by atoms with Gasteiger partial charge in [-0.3, -0.25) is 19.7 Å². The van der Waals surface area contributed by atoms with Gasteiger partial charge >= 0.3 is 6.09 Å². The van der Waals surface area contributed by atoms with Crippen molar-refractivity contribution < 1.29 is 24.3 Å². The number of aryl methyl sites for hydroxylation is 2. The summed E-state index contributed by atoms with van der Waals surface area (Å²) in [5.41, 5.74) is 2.13. The van der Waals surface area contributed by atoms with Crippen LogP contribution in [0.5, 0.6) is 0 Å². The Bertz CT molecular complexity index is 1130. The molecule has 11 nitrogen and oxygen atoms in total. The van der Waals surface area contributed by atoms with Crippen molar-refractivity contribution in [3.8, 4) is 0 Å².